The van der Waals surface area contributed by atoms with Crippen LogP contribution in [0, 0.1) is 0 Å². The Morgan fingerprint density at radius 2 is 1.72 bits per heavy atom. The van der Waals surface area contributed by atoms with Crippen LogP contribution in [0.25, 0.3) is 0 Å². The van der Waals surface area contributed by atoms with E-state index in [1.807, 2.05) is 24.3 Å². The summed E-state index contributed by atoms with van der Waals surface area (Å²) < 4.78 is 35.5. The summed E-state index contributed by atoms with van der Waals surface area (Å²) in [6.45, 7) is 3.28. The number of methoxy groups -OCH3 is 1. The number of imide groups is 1. The van der Waals surface area contributed by atoms with Gasteiger partial charge < -0.3 is 44.3 Å². The van der Waals surface area contributed by atoms with Crippen LogP contribution >= 0.6 is 19.2 Å². The zero-order valence-corrected chi connectivity index (χ0v) is 34.1. The predicted octanol–water partition coefficient (Wildman–Crippen LogP) is 5.53. The van der Waals surface area contributed by atoms with Crippen molar-refractivity contribution in [1.82, 2.24) is 25.5 Å². The van der Waals surface area contributed by atoms with Gasteiger partial charge in [-0.2, -0.15) is 4.98 Å². The number of hydrogen-bond acceptors (Lipinski definition) is 14. The van der Waals surface area contributed by atoms with E-state index in [1.165, 1.54) is 25.3 Å². The molecule has 0 aliphatic carbocycles. The maximum absolute atomic E-state index is 13.2. The van der Waals surface area contributed by atoms with Crippen LogP contribution in [0.3, 0.4) is 0 Å². The molecule has 4 aromatic rings. The quantitative estimate of drug-likeness (QED) is 0.0628. The summed E-state index contributed by atoms with van der Waals surface area (Å²) in [4.78, 5) is 50.0. The monoisotopic (exact) mass is 832 g/mol. The summed E-state index contributed by atoms with van der Waals surface area (Å²) in [5.74, 6) is 0.882. The first kappa shape index (κ1) is 40.9. The van der Waals surface area contributed by atoms with Crippen molar-refractivity contribution in [3.8, 4) is 11.5 Å². The topological polar surface area (TPSA) is 186 Å². The number of piperidine rings is 2. The number of para-hydroxylation sites is 1. The van der Waals surface area contributed by atoms with Crippen molar-refractivity contribution < 1.29 is 37.5 Å². The van der Waals surface area contributed by atoms with Gasteiger partial charge in [-0.15, -0.1) is 0 Å². The Hall–Kier alpha value is -5.25. The van der Waals surface area contributed by atoms with Gasteiger partial charge in [0.2, 0.25) is 17.8 Å². The number of amides is 3. The molecule has 1 aromatic heterocycles. The molecule has 3 aliphatic rings. The van der Waals surface area contributed by atoms with Crippen LogP contribution in [-0.4, -0.2) is 92.2 Å². The first-order chi connectivity index (χ1) is 28.1. The number of aromatic nitrogens is 2. The lowest BCUT2D eigenvalue weighted by molar-refractivity contribution is -0.136. The van der Waals surface area contributed by atoms with Gasteiger partial charge in [-0.1, -0.05) is 29.8 Å². The fourth-order valence-electron chi connectivity index (χ4n) is 7.43. The Morgan fingerprint density at radius 3 is 2.48 bits per heavy atom. The second-order valence-electron chi connectivity index (χ2n) is 14.0. The summed E-state index contributed by atoms with van der Waals surface area (Å²) in [6, 6.07) is 18.0. The molecule has 7 rings (SSSR count). The highest BCUT2D eigenvalue weighted by atomic mass is 35.5. The van der Waals surface area contributed by atoms with Crippen LogP contribution in [0.4, 0.5) is 28.8 Å². The molecule has 0 saturated carbocycles. The number of halogens is 1. The molecule has 3 amide bonds. The zero-order valence-electron chi connectivity index (χ0n) is 32.5. The molecule has 4 heterocycles. The van der Waals surface area contributed by atoms with Crippen molar-refractivity contribution in [3.63, 3.8) is 0 Å². The molecule has 3 aromatic carbocycles. The number of ether oxygens (including phenoxy) is 2. The zero-order chi connectivity index (χ0) is 40.8. The van der Waals surface area contributed by atoms with Crippen molar-refractivity contribution in [1.29, 1.82) is 0 Å². The fourth-order valence-corrected chi connectivity index (χ4v) is 8.80. The molecule has 2 saturated heterocycles. The van der Waals surface area contributed by atoms with Crippen LogP contribution in [0.1, 0.15) is 48.0 Å². The van der Waals surface area contributed by atoms with E-state index >= 15 is 0 Å². The van der Waals surface area contributed by atoms with Crippen molar-refractivity contribution in [2.24, 2.45) is 0 Å². The number of benzene rings is 3. The number of fused-ring (bicyclic) bond motifs is 1. The Labute approximate surface area is 341 Å². The Morgan fingerprint density at radius 1 is 0.931 bits per heavy atom. The third-order valence-corrected chi connectivity index (χ3v) is 12.7. The number of rotatable bonds is 16. The molecule has 58 heavy (non-hydrogen) atoms. The highest BCUT2D eigenvalue weighted by molar-refractivity contribution is 7.62. The van der Waals surface area contributed by atoms with Gasteiger partial charge >= 0.3 is 7.60 Å². The molecule has 0 bridgehead atoms. The highest BCUT2D eigenvalue weighted by Gasteiger charge is 2.40. The largest absolute Gasteiger partial charge is 0.494 e. The molecule has 0 spiro atoms. The van der Waals surface area contributed by atoms with Gasteiger partial charge in [0.25, 0.3) is 5.91 Å². The normalized spacial score (nSPS) is 17.2. The molecule has 306 valence electrons. The molecular formula is C40H46ClN8O8P. The van der Waals surface area contributed by atoms with Crippen molar-refractivity contribution >= 4 is 71.1 Å². The summed E-state index contributed by atoms with van der Waals surface area (Å²) in [5.41, 5.74) is 3.49. The molecule has 2 fully saturated rings. The van der Waals surface area contributed by atoms with E-state index in [0.717, 1.165) is 50.1 Å². The molecule has 16 nitrogen and oxygen atoms in total. The number of nitrogens with zero attached hydrogens (tertiary/aromatic N) is 4. The lowest BCUT2D eigenvalue weighted by Crippen LogP contribution is -2.52. The van der Waals surface area contributed by atoms with Crippen LogP contribution in [0.2, 0.25) is 5.02 Å². The van der Waals surface area contributed by atoms with E-state index < -0.39 is 19.5 Å². The standard InChI is InChI=1S/C40H46ClN8O8P/c1-54-34-22-26(12-13-30(34)45-40-43-23-29(41)37(47-40)44-31-9-4-5-11-35(31)58(53,55-2)56-3)48-19-16-25(17-20-48)42-18-7-21-57-33-10-6-8-27-28(33)24-49(39(27)52)32-14-15-36(50)46-38(32)51/h4-6,8-13,22-23,25,32,42H,7,14-21,24H2,1-3H3,(H,46,50,51)(H2,43,44,45,47). The van der Waals surface area contributed by atoms with Gasteiger partial charge in [-0.3, -0.25) is 24.3 Å². The second-order valence-corrected chi connectivity index (χ2v) is 16.6. The Kier molecular flexibility index (Phi) is 12.8. The van der Waals surface area contributed by atoms with E-state index in [0.29, 0.717) is 58.6 Å². The molecule has 0 radical (unpaired) electrons. The predicted molar refractivity (Wildman–Crippen MR) is 220 cm³/mol. The Bertz CT molecular complexity index is 2210. The smallest absolute Gasteiger partial charge is 0.362 e. The van der Waals surface area contributed by atoms with Crippen molar-refractivity contribution in [2.45, 2.75) is 50.7 Å². The molecule has 1 unspecified atom stereocenters. The number of anilines is 5. The minimum atomic E-state index is -3.57. The lowest BCUT2D eigenvalue weighted by Gasteiger charge is -2.34. The number of nitrogens with one attached hydrogen (secondary N) is 4. The van der Waals surface area contributed by atoms with E-state index in [2.05, 4.69) is 36.1 Å². The third kappa shape index (κ3) is 8.91. The summed E-state index contributed by atoms with van der Waals surface area (Å²) in [6.07, 6.45) is 4.72. The van der Waals surface area contributed by atoms with Crippen LogP contribution in [-0.2, 0) is 29.7 Å². The van der Waals surface area contributed by atoms with Crippen LogP contribution in [0.15, 0.2) is 66.9 Å². The summed E-state index contributed by atoms with van der Waals surface area (Å²) in [5, 5.41) is 13.0. The van der Waals surface area contributed by atoms with E-state index in [4.69, 9.17) is 30.1 Å². The lowest BCUT2D eigenvalue weighted by atomic mass is 10.0. The fraction of sp³-hybridized carbons (Fsp3) is 0.375. The molecule has 4 N–H and O–H groups in total. The highest BCUT2D eigenvalue weighted by Crippen LogP contribution is 2.47. The SMILES string of the molecule is COc1cc(N2CCC(NCCCOc3cccc4c3CN(C3CCC(=O)NC3=O)C4=O)CC2)ccc1Nc1ncc(Cl)c(Nc2ccccc2P(=O)(OC)OC)n1. The van der Waals surface area contributed by atoms with Gasteiger partial charge in [0.1, 0.15) is 22.6 Å². The summed E-state index contributed by atoms with van der Waals surface area (Å²) in [7, 11) is 0.698. The maximum Gasteiger partial charge on any atom is 0.362 e. The second kappa shape index (κ2) is 18.1. The average molecular weight is 833 g/mol. The van der Waals surface area contributed by atoms with Crippen LogP contribution in [0.5, 0.6) is 11.5 Å². The average Bonchev–Trinajstić information content (AvgIpc) is 3.58. The first-order valence-corrected chi connectivity index (χ1v) is 21.0. The first-order valence-electron chi connectivity index (χ1n) is 19.0. The number of carbonyl (C=O) groups is 3. The molecular weight excluding hydrogens is 787 g/mol. The van der Waals surface area contributed by atoms with E-state index in [9.17, 15) is 18.9 Å². The number of hydrogen-bond donors (Lipinski definition) is 4. The van der Waals surface area contributed by atoms with Crippen LogP contribution < -0.4 is 40.9 Å². The molecule has 1 atom stereocenters. The third-order valence-electron chi connectivity index (χ3n) is 10.5. The van der Waals surface area contributed by atoms with E-state index in [1.54, 1.807) is 43.5 Å². The van der Waals surface area contributed by atoms with Gasteiger partial charge in [-0.05, 0) is 68.6 Å². The Balaban J connectivity index is 0.885. The van der Waals surface area contributed by atoms with E-state index in [-0.39, 0.29) is 35.8 Å². The van der Waals surface area contributed by atoms with Gasteiger partial charge in [0.05, 0.1) is 43.1 Å². The maximum atomic E-state index is 13.2. The van der Waals surface area contributed by atoms with Crippen molar-refractivity contribution in [3.05, 3.63) is 83.0 Å². The van der Waals surface area contributed by atoms with Crippen molar-refractivity contribution in [2.75, 3.05) is 63.1 Å². The molecule has 18 heteroatoms. The van der Waals surface area contributed by atoms with Gasteiger partial charge in [0.15, 0.2) is 5.82 Å². The number of carbonyl (C=O) groups excluding carboxylic acids is 3. The molecule has 3 aliphatic heterocycles. The van der Waals surface area contributed by atoms with Gasteiger partial charge in [0, 0.05) is 62.7 Å². The minimum absolute atomic E-state index is 0.214. The van der Waals surface area contributed by atoms with Gasteiger partial charge in [-0.25, -0.2) is 4.98 Å². The summed E-state index contributed by atoms with van der Waals surface area (Å²) >= 11 is 6.46. The minimum Gasteiger partial charge on any atom is -0.494 e.